The first-order chi connectivity index (χ1) is 12.6. The fraction of sp³-hybridized carbons (Fsp3) is 0.286. The van der Waals surface area contributed by atoms with E-state index >= 15 is 0 Å². The molecule has 1 N–H and O–H groups in total. The van der Waals surface area contributed by atoms with E-state index in [0.29, 0.717) is 25.9 Å². The maximum absolute atomic E-state index is 12.6. The van der Waals surface area contributed by atoms with E-state index in [4.69, 9.17) is 0 Å². The summed E-state index contributed by atoms with van der Waals surface area (Å²) in [5, 5.41) is 2.36. The molecule has 2 aromatic carbocycles. The van der Waals surface area contributed by atoms with Crippen molar-refractivity contribution in [2.75, 3.05) is 13.1 Å². The molecule has 3 amide bonds. The normalized spacial score (nSPS) is 22.1. The predicted molar refractivity (Wildman–Crippen MR) is 97.0 cm³/mol. The minimum atomic E-state index is -0.704. The van der Waals surface area contributed by atoms with Gasteiger partial charge >= 0.3 is 0 Å². The zero-order valence-electron chi connectivity index (χ0n) is 14.4. The fourth-order valence-electron chi connectivity index (χ4n) is 3.84. The van der Waals surface area contributed by atoms with Crippen LogP contribution in [0.5, 0.6) is 0 Å². The average molecular weight is 348 g/mol. The van der Waals surface area contributed by atoms with Gasteiger partial charge in [-0.3, -0.25) is 19.7 Å². The molecule has 0 aromatic heterocycles. The minimum absolute atomic E-state index is 0.00138. The van der Waals surface area contributed by atoms with Gasteiger partial charge in [0, 0.05) is 19.5 Å². The van der Waals surface area contributed by atoms with Gasteiger partial charge in [-0.25, -0.2) is 0 Å². The molecule has 2 saturated heterocycles. The van der Waals surface area contributed by atoms with Gasteiger partial charge in [-0.15, -0.1) is 0 Å². The highest BCUT2D eigenvalue weighted by Gasteiger charge is 2.51. The number of carbonyl (C=O) groups excluding carboxylic acids is 3. The molecule has 0 radical (unpaired) electrons. The van der Waals surface area contributed by atoms with Crippen LogP contribution in [0.2, 0.25) is 0 Å². The maximum atomic E-state index is 12.6. The quantitative estimate of drug-likeness (QED) is 0.865. The van der Waals surface area contributed by atoms with E-state index in [1.54, 1.807) is 4.90 Å². The van der Waals surface area contributed by atoms with Crippen LogP contribution >= 0.6 is 0 Å². The van der Waals surface area contributed by atoms with Gasteiger partial charge in [0.05, 0.1) is 11.8 Å². The smallest absolute Gasteiger partial charge is 0.235 e. The summed E-state index contributed by atoms with van der Waals surface area (Å²) in [6, 6.07) is 18.1. The SMILES string of the molecule is O=C1C[C@]2(CCN(C(=O)Cc3ccc(-c4ccccc4)cc3)C2)C(=O)N1. The number of likely N-dealkylation sites (tertiary alicyclic amines) is 1. The minimum Gasteiger partial charge on any atom is -0.341 e. The number of carbonyl (C=O) groups is 3. The van der Waals surface area contributed by atoms with Gasteiger partial charge < -0.3 is 4.90 Å². The molecule has 2 aliphatic rings. The Balaban J connectivity index is 1.41. The van der Waals surface area contributed by atoms with E-state index in [0.717, 1.165) is 16.7 Å². The number of amides is 3. The highest BCUT2D eigenvalue weighted by Crippen LogP contribution is 2.37. The Bertz CT molecular complexity index is 861. The molecule has 2 heterocycles. The van der Waals surface area contributed by atoms with Crippen molar-refractivity contribution in [2.24, 2.45) is 5.41 Å². The van der Waals surface area contributed by atoms with Gasteiger partial charge in [0.25, 0.3) is 0 Å². The standard InChI is InChI=1S/C21H20N2O3/c24-18-13-21(20(26)22-18)10-11-23(14-21)19(25)12-15-6-8-17(9-7-15)16-4-2-1-3-5-16/h1-9H,10-14H2,(H,22,24,26)/t21-/m0/s1. The average Bonchev–Trinajstić information content (AvgIpc) is 3.20. The Hall–Kier alpha value is -2.95. The Labute approximate surface area is 152 Å². The number of hydrogen-bond acceptors (Lipinski definition) is 3. The summed E-state index contributed by atoms with van der Waals surface area (Å²) in [5.41, 5.74) is 2.50. The van der Waals surface area contributed by atoms with Crippen molar-refractivity contribution in [3.8, 4) is 11.1 Å². The van der Waals surface area contributed by atoms with Crippen molar-refractivity contribution in [3.05, 3.63) is 60.2 Å². The van der Waals surface area contributed by atoms with E-state index < -0.39 is 5.41 Å². The second-order valence-corrected chi connectivity index (χ2v) is 7.14. The first kappa shape index (κ1) is 16.5. The van der Waals surface area contributed by atoms with Crippen molar-refractivity contribution in [3.63, 3.8) is 0 Å². The zero-order chi connectivity index (χ0) is 18.1. The summed E-state index contributed by atoms with van der Waals surface area (Å²) < 4.78 is 0. The summed E-state index contributed by atoms with van der Waals surface area (Å²) >= 11 is 0. The predicted octanol–water partition coefficient (Wildman–Crippen LogP) is 2.16. The summed E-state index contributed by atoms with van der Waals surface area (Å²) in [6.45, 7) is 0.868. The Morgan fingerprint density at radius 3 is 2.35 bits per heavy atom. The molecule has 0 saturated carbocycles. The number of benzene rings is 2. The third-order valence-corrected chi connectivity index (χ3v) is 5.36. The lowest BCUT2D eigenvalue weighted by Crippen LogP contribution is -2.37. The van der Waals surface area contributed by atoms with Crippen LogP contribution in [-0.4, -0.2) is 35.7 Å². The van der Waals surface area contributed by atoms with Crippen LogP contribution in [0.4, 0.5) is 0 Å². The molecule has 26 heavy (non-hydrogen) atoms. The van der Waals surface area contributed by atoms with Crippen LogP contribution in [0.3, 0.4) is 0 Å². The van der Waals surface area contributed by atoms with Crippen LogP contribution in [0.15, 0.2) is 54.6 Å². The second-order valence-electron chi connectivity index (χ2n) is 7.14. The van der Waals surface area contributed by atoms with Crippen molar-refractivity contribution in [2.45, 2.75) is 19.3 Å². The number of imide groups is 1. The van der Waals surface area contributed by atoms with Crippen molar-refractivity contribution < 1.29 is 14.4 Å². The van der Waals surface area contributed by atoms with Gasteiger partial charge in [0.2, 0.25) is 17.7 Å². The van der Waals surface area contributed by atoms with Crippen molar-refractivity contribution in [1.82, 2.24) is 10.2 Å². The molecule has 2 aromatic rings. The van der Waals surface area contributed by atoms with E-state index in [-0.39, 0.29) is 24.1 Å². The van der Waals surface area contributed by atoms with Crippen LogP contribution in [0.25, 0.3) is 11.1 Å². The van der Waals surface area contributed by atoms with E-state index in [1.165, 1.54) is 0 Å². The topological polar surface area (TPSA) is 66.5 Å². The molecule has 1 spiro atoms. The molecule has 1 atom stereocenters. The number of nitrogens with zero attached hydrogens (tertiary/aromatic N) is 1. The molecule has 5 nitrogen and oxygen atoms in total. The summed E-state index contributed by atoms with van der Waals surface area (Å²) in [7, 11) is 0. The largest absolute Gasteiger partial charge is 0.341 e. The second kappa shape index (κ2) is 6.41. The number of rotatable bonds is 3. The highest BCUT2D eigenvalue weighted by atomic mass is 16.2. The van der Waals surface area contributed by atoms with Crippen LogP contribution < -0.4 is 5.32 Å². The highest BCUT2D eigenvalue weighted by molar-refractivity contribution is 6.06. The maximum Gasteiger partial charge on any atom is 0.235 e. The van der Waals surface area contributed by atoms with Gasteiger partial charge in [0.15, 0.2) is 0 Å². The molecule has 0 aliphatic carbocycles. The molecular weight excluding hydrogens is 328 g/mol. The first-order valence-corrected chi connectivity index (χ1v) is 8.82. The Morgan fingerprint density at radius 1 is 1.00 bits per heavy atom. The monoisotopic (exact) mass is 348 g/mol. The lowest BCUT2D eigenvalue weighted by atomic mass is 9.85. The lowest BCUT2D eigenvalue weighted by molar-refractivity contribution is -0.131. The first-order valence-electron chi connectivity index (χ1n) is 8.82. The summed E-state index contributed by atoms with van der Waals surface area (Å²) in [4.78, 5) is 37.9. The summed E-state index contributed by atoms with van der Waals surface area (Å²) in [5.74, 6) is -0.465. The third kappa shape index (κ3) is 3.01. The van der Waals surface area contributed by atoms with Gasteiger partial charge in [-0.2, -0.15) is 0 Å². The molecule has 132 valence electrons. The van der Waals surface area contributed by atoms with E-state index in [9.17, 15) is 14.4 Å². The van der Waals surface area contributed by atoms with Crippen LogP contribution in [0.1, 0.15) is 18.4 Å². The molecule has 5 heteroatoms. The summed E-state index contributed by atoms with van der Waals surface area (Å²) in [6.07, 6.45) is 1.06. The van der Waals surface area contributed by atoms with Crippen molar-refractivity contribution >= 4 is 17.7 Å². The van der Waals surface area contributed by atoms with Crippen molar-refractivity contribution in [1.29, 1.82) is 0 Å². The molecule has 0 bridgehead atoms. The zero-order valence-corrected chi connectivity index (χ0v) is 14.4. The van der Waals surface area contributed by atoms with Crippen LogP contribution in [0, 0.1) is 5.41 Å². The number of nitrogens with one attached hydrogen (secondary N) is 1. The fourth-order valence-corrected chi connectivity index (χ4v) is 3.84. The Morgan fingerprint density at radius 2 is 1.69 bits per heavy atom. The van der Waals surface area contributed by atoms with E-state index in [1.807, 2.05) is 42.5 Å². The van der Waals surface area contributed by atoms with Gasteiger partial charge in [0.1, 0.15) is 0 Å². The van der Waals surface area contributed by atoms with E-state index in [2.05, 4.69) is 17.4 Å². The lowest BCUT2D eigenvalue weighted by Gasteiger charge is -2.20. The number of hydrogen-bond donors (Lipinski definition) is 1. The molecule has 2 aliphatic heterocycles. The molecule has 2 fully saturated rings. The molecule has 0 unspecified atom stereocenters. The Kier molecular flexibility index (Phi) is 4.07. The third-order valence-electron chi connectivity index (χ3n) is 5.36. The van der Waals surface area contributed by atoms with Crippen LogP contribution in [-0.2, 0) is 20.8 Å². The molecular formula is C21H20N2O3. The van der Waals surface area contributed by atoms with Gasteiger partial charge in [-0.05, 0) is 23.1 Å². The molecule has 4 rings (SSSR count). The van der Waals surface area contributed by atoms with Gasteiger partial charge in [-0.1, -0.05) is 54.6 Å².